The number of nitrogens with zero attached hydrogens (tertiary/aromatic N) is 2. The zero-order valence-electron chi connectivity index (χ0n) is 17.3. The molecule has 0 aliphatic heterocycles. The van der Waals surface area contributed by atoms with Crippen LogP contribution in [0.15, 0.2) is 60.9 Å². The van der Waals surface area contributed by atoms with Crippen molar-refractivity contribution in [3.05, 3.63) is 83.2 Å². The van der Waals surface area contributed by atoms with Crippen LogP contribution in [0, 0.1) is 0 Å². The molecule has 0 aliphatic rings. The fourth-order valence-electron chi connectivity index (χ4n) is 2.94. The lowest BCUT2D eigenvalue weighted by Gasteiger charge is -2.12. The van der Waals surface area contributed by atoms with Crippen molar-refractivity contribution in [2.75, 3.05) is 7.11 Å². The molecule has 0 atom stereocenters. The van der Waals surface area contributed by atoms with Crippen LogP contribution in [0.2, 0.25) is 0 Å². The summed E-state index contributed by atoms with van der Waals surface area (Å²) in [4.78, 5) is 12.2. The van der Waals surface area contributed by atoms with Crippen LogP contribution >= 0.6 is 0 Å². The lowest BCUT2D eigenvalue weighted by Crippen LogP contribution is -2.00. The van der Waals surface area contributed by atoms with E-state index in [-0.39, 0.29) is 5.78 Å². The molecule has 1 heterocycles. The van der Waals surface area contributed by atoms with Gasteiger partial charge in [0.2, 0.25) is 0 Å². The van der Waals surface area contributed by atoms with Gasteiger partial charge in [-0.1, -0.05) is 38.1 Å². The van der Waals surface area contributed by atoms with E-state index >= 15 is 0 Å². The first-order valence-electron chi connectivity index (χ1n) is 9.57. The van der Waals surface area contributed by atoms with Crippen molar-refractivity contribution in [3.63, 3.8) is 0 Å². The number of allylic oxidation sites excluding steroid dienone is 1. The maximum Gasteiger partial charge on any atom is 0.189 e. The van der Waals surface area contributed by atoms with Gasteiger partial charge in [0.05, 0.1) is 18.9 Å². The van der Waals surface area contributed by atoms with E-state index in [1.54, 1.807) is 43.4 Å². The third-order valence-electron chi connectivity index (χ3n) is 4.66. The number of aryl methyl sites for hydroxylation is 1. The van der Waals surface area contributed by atoms with Crippen LogP contribution < -0.4 is 9.47 Å². The largest absolute Gasteiger partial charge is 0.496 e. The molecule has 0 amide bonds. The summed E-state index contributed by atoms with van der Waals surface area (Å²) in [6.45, 7) is 4.71. The van der Waals surface area contributed by atoms with E-state index in [9.17, 15) is 4.79 Å². The molecule has 0 saturated heterocycles. The Labute approximate surface area is 171 Å². The first kappa shape index (κ1) is 20.4. The van der Waals surface area contributed by atoms with Crippen molar-refractivity contribution < 1.29 is 14.3 Å². The van der Waals surface area contributed by atoms with Crippen LogP contribution in [0.5, 0.6) is 11.5 Å². The maximum absolute atomic E-state index is 12.2. The Balaban J connectivity index is 1.71. The number of hydrogen-bond donors (Lipinski definition) is 0. The zero-order valence-corrected chi connectivity index (χ0v) is 17.3. The Morgan fingerprint density at radius 1 is 1.17 bits per heavy atom. The number of rotatable bonds is 8. The number of aromatic nitrogens is 2. The van der Waals surface area contributed by atoms with Crippen molar-refractivity contribution in [1.82, 2.24) is 9.78 Å². The Bertz CT molecular complexity index is 1000. The summed E-state index contributed by atoms with van der Waals surface area (Å²) in [5.41, 5.74) is 3.65. The molecule has 0 bridgehead atoms. The van der Waals surface area contributed by atoms with E-state index < -0.39 is 0 Å². The second-order valence-corrected chi connectivity index (χ2v) is 7.18. The minimum Gasteiger partial charge on any atom is -0.496 e. The summed E-state index contributed by atoms with van der Waals surface area (Å²) in [5, 5.41) is 4.03. The lowest BCUT2D eigenvalue weighted by molar-refractivity contribution is 0.104. The highest BCUT2D eigenvalue weighted by molar-refractivity contribution is 6.06. The van der Waals surface area contributed by atoms with Gasteiger partial charge in [0, 0.05) is 18.8 Å². The van der Waals surface area contributed by atoms with E-state index in [0.29, 0.717) is 18.1 Å². The van der Waals surface area contributed by atoms with E-state index in [4.69, 9.17) is 9.47 Å². The van der Waals surface area contributed by atoms with Gasteiger partial charge in [0.25, 0.3) is 0 Å². The molecule has 1 aromatic heterocycles. The van der Waals surface area contributed by atoms with E-state index in [1.807, 2.05) is 30.3 Å². The average molecular weight is 390 g/mol. The van der Waals surface area contributed by atoms with Gasteiger partial charge < -0.3 is 9.47 Å². The van der Waals surface area contributed by atoms with E-state index in [0.717, 1.165) is 22.6 Å². The minimum absolute atomic E-state index is 0.0861. The number of ether oxygens (including phenoxy) is 2. The Kier molecular flexibility index (Phi) is 6.50. The Hall–Kier alpha value is -3.34. The normalized spacial score (nSPS) is 11.2. The van der Waals surface area contributed by atoms with Gasteiger partial charge in [-0.3, -0.25) is 9.48 Å². The number of ketones is 1. The summed E-state index contributed by atoms with van der Waals surface area (Å²) < 4.78 is 13.0. The first-order valence-corrected chi connectivity index (χ1v) is 9.57. The van der Waals surface area contributed by atoms with Gasteiger partial charge in [-0.2, -0.15) is 5.10 Å². The molecular formula is C24H26N2O3. The first-order chi connectivity index (χ1) is 14.0. The van der Waals surface area contributed by atoms with Crippen LogP contribution in [-0.2, 0) is 13.7 Å². The molecule has 29 heavy (non-hydrogen) atoms. The summed E-state index contributed by atoms with van der Waals surface area (Å²) in [6, 6.07) is 13.9. The third-order valence-corrected chi connectivity index (χ3v) is 4.66. The Morgan fingerprint density at radius 2 is 1.93 bits per heavy atom. The summed E-state index contributed by atoms with van der Waals surface area (Å²) in [6.07, 6.45) is 6.60. The molecule has 2 aromatic carbocycles. The molecule has 0 saturated carbocycles. The smallest absolute Gasteiger partial charge is 0.189 e. The van der Waals surface area contributed by atoms with Crippen LogP contribution in [0.25, 0.3) is 6.08 Å². The SMILES string of the molecule is COc1ccc(/C=C/C(=O)c2cnn(C)c2)cc1COc1ccc(C(C)C)cc1. The molecule has 0 radical (unpaired) electrons. The van der Waals surface area contributed by atoms with Gasteiger partial charge in [-0.15, -0.1) is 0 Å². The molecule has 0 fully saturated rings. The zero-order chi connectivity index (χ0) is 20.8. The number of hydrogen-bond acceptors (Lipinski definition) is 4. The quantitative estimate of drug-likeness (QED) is 0.400. The summed E-state index contributed by atoms with van der Waals surface area (Å²) in [5.74, 6) is 1.96. The van der Waals surface area contributed by atoms with Crippen molar-refractivity contribution in [1.29, 1.82) is 0 Å². The number of carbonyl (C=O) groups excluding carboxylic acids is 1. The molecule has 150 valence electrons. The van der Waals surface area contributed by atoms with Crippen molar-refractivity contribution in [2.24, 2.45) is 7.05 Å². The molecule has 0 N–H and O–H groups in total. The highest BCUT2D eigenvalue weighted by Crippen LogP contribution is 2.24. The van der Waals surface area contributed by atoms with Gasteiger partial charge in [-0.05, 0) is 47.4 Å². The van der Waals surface area contributed by atoms with Crippen LogP contribution in [-0.4, -0.2) is 22.7 Å². The number of carbonyl (C=O) groups is 1. The highest BCUT2D eigenvalue weighted by Gasteiger charge is 2.07. The molecule has 3 rings (SSSR count). The molecule has 3 aromatic rings. The number of methoxy groups -OCH3 is 1. The standard InChI is InChI=1S/C24H26N2O3/c1-17(2)19-7-9-22(10-8-19)29-16-20-13-18(6-12-24(20)28-4)5-11-23(27)21-14-25-26(3)15-21/h5-15,17H,16H2,1-4H3/b11-5+. The van der Waals surface area contributed by atoms with Gasteiger partial charge >= 0.3 is 0 Å². The summed E-state index contributed by atoms with van der Waals surface area (Å²) >= 11 is 0. The molecule has 0 aliphatic carbocycles. The van der Waals surface area contributed by atoms with Crippen LogP contribution in [0.1, 0.15) is 46.8 Å². The van der Waals surface area contributed by atoms with Crippen molar-refractivity contribution >= 4 is 11.9 Å². The highest BCUT2D eigenvalue weighted by atomic mass is 16.5. The average Bonchev–Trinajstić information content (AvgIpc) is 3.17. The van der Waals surface area contributed by atoms with Crippen molar-refractivity contribution in [2.45, 2.75) is 26.4 Å². The van der Waals surface area contributed by atoms with Crippen molar-refractivity contribution in [3.8, 4) is 11.5 Å². The fourth-order valence-corrected chi connectivity index (χ4v) is 2.94. The molecule has 5 heteroatoms. The van der Waals surface area contributed by atoms with Gasteiger partial charge in [0.1, 0.15) is 18.1 Å². The second kappa shape index (κ2) is 9.24. The third kappa shape index (κ3) is 5.35. The maximum atomic E-state index is 12.2. The molecular weight excluding hydrogens is 364 g/mol. The van der Waals surface area contributed by atoms with E-state index in [1.165, 1.54) is 5.56 Å². The topological polar surface area (TPSA) is 53.3 Å². The molecule has 0 unspecified atom stereocenters. The molecule has 0 spiro atoms. The van der Waals surface area contributed by atoms with Crippen LogP contribution in [0.4, 0.5) is 0 Å². The van der Waals surface area contributed by atoms with E-state index in [2.05, 4.69) is 31.1 Å². The van der Waals surface area contributed by atoms with Gasteiger partial charge in [0.15, 0.2) is 5.78 Å². The molecule has 5 nitrogen and oxygen atoms in total. The monoisotopic (exact) mass is 390 g/mol. The minimum atomic E-state index is -0.0861. The van der Waals surface area contributed by atoms with Gasteiger partial charge in [-0.25, -0.2) is 0 Å². The second-order valence-electron chi connectivity index (χ2n) is 7.18. The van der Waals surface area contributed by atoms with Crippen LogP contribution in [0.3, 0.4) is 0 Å². The fraction of sp³-hybridized carbons (Fsp3) is 0.250. The lowest BCUT2D eigenvalue weighted by atomic mass is 10.0. The predicted octanol–water partition coefficient (Wildman–Crippen LogP) is 5.03. The Morgan fingerprint density at radius 3 is 2.55 bits per heavy atom. The summed E-state index contributed by atoms with van der Waals surface area (Å²) in [7, 11) is 3.42. The predicted molar refractivity (Wildman–Crippen MR) is 114 cm³/mol. The number of benzene rings is 2.